The number of rotatable bonds is 4. The fourth-order valence-electron chi connectivity index (χ4n) is 1.82. The molecule has 1 aromatic carbocycles. The van der Waals surface area contributed by atoms with E-state index in [1.54, 1.807) is 18.2 Å². The number of amides is 1. The number of ether oxygens (including phenoxy) is 2. The van der Waals surface area contributed by atoms with E-state index in [4.69, 9.17) is 33.3 Å². The standard InChI is InChI=1S/C14H15ClN2O3S/c1-7(2)20-12-9(15)4-8(6-11(12)19-3)5-10-13(18)17-14(21)16-10/h4-7H,1-3H3,(H2,16,17,18,21)/b10-5-. The highest BCUT2D eigenvalue weighted by atomic mass is 35.5. The lowest BCUT2D eigenvalue weighted by molar-refractivity contribution is -0.115. The van der Waals surface area contributed by atoms with Gasteiger partial charge in [0.15, 0.2) is 16.6 Å². The largest absolute Gasteiger partial charge is 0.493 e. The van der Waals surface area contributed by atoms with E-state index in [9.17, 15) is 4.79 Å². The molecule has 1 fully saturated rings. The normalized spacial score (nSPS) is 16.1. The zero-order valence-electron chi connectivity index (χ0n) is 11.8. The third-order valence-corrected chi connectivity index (χ3v) is 3.12. The average Bonchev–Trinajstić information content (AvgIpc) is 2.70. The van der Waals surface area contributed by atoms with E-state index in [-0.39, 0.29) is 17.1 Å². The molecular weight excluding hydrogens is 312 g/mol. The molecule has 0 radical (unpaired) electrons. The molecule has 2 rings (SSSR count). The number of halogens is 1. The minimum absolute atomic E-state index is 0.0275. The summed E-state index contributed by atoms with van der Waals surface area (Å²) in [6, 6.07) is 3.44. The zero-order chi connectivity index (χ0) is 15.6. The molecule has 112 valence electrons. The van der Waals surface area contributed by atoms with Crippen molar-refractivity contribution >= 4 is 40.9 Å². The van der Waals surface area contributed by atoms with Crippen molar-refractivity contribution < 1.29 is 14.3 Å². The van der Waals surface area contributed by atoms with E-state index in [1.165, 1.54) is 7.11 Å². The van der Waals surface area contributed by atoms with Gasteiger partial charge in [-0.25, -0.2) is 0 Å². The number of hydrogen-bond acceptors (Lipinski definition) is 4. The first kappa shape index (κ1) is 15.6. The van der Waals surface area contributed by atoms with Gasteiger partial charge in [0.05, 0.1) is 18.2 Å². The molecule has 2 N–H and O–H groups in total. The molecular formula is C14H15ClN2O3S. The van der Waals surface area contributed by atoms with E-state index in [0.29, 0.717) is 27.8 Å². The van der Waals surface area contributed by atoms with Crippen LogP contribution in [0.15, 0.2) is 17.8 Å². The van der Waals surface area contributed by atoms with Gasteiger partial charge in [0.25, 0.3) is 5.91 Å². The molecule has 21 heavy (non-hydrogen) atoms. The summed E-state index contributed by atoms with van der Waals surface area (Å²) in [5, 5.41) is 5.96. The molecule has 1 heterocycles. The van der Waals surface area contributed by atoms with Gasteiger partial charge in [-0.3, -0.25) is 10.1 Å². The quantitative estimate of drug-likeness (QED) is 0.657. The Morgan fingerprint density at radius 1 is 1.33 bits per heavy atom. The van der Waals surface area contributed by atoms with Crippen LogP contribution in [0, 0.1) is 0 Å². The van der Waals surface area contributed by atoms with Crippen molar-refractivity contribution in [2.24, 2.45) is 0 Å². The lowest BCUT2D eigenvalue weighted by Crippen LogP contribution is -2.21. The summed E-state index contributed by atoms with van der Waals surface area (Å²) >= 11 is 11.1. The molecule has 0 aromatic heterocycles. The van der Waals surface area contributed by atoms with Crippen LogP contribution in [0.25, 0.3) is 6.08 Å². The van der Waals surface area contributed by atoms with E-state index < -0.39 is 0 Å². The maximum Gasteiger partial charge on any atom is 0.273 e. The second kappa shape index (κ2) is 6.32. The smallest absolute Gasteiger partial charge is 0.273 e. The molecule has 0 unspecified atom stereocenters. The van der Waals surface area contributed by atoms with Crippen LogP contribution < -0.4 is 20.1 Å². The number of methoxy groups -OCH3 is 1. The third kappa shape index (κ3) is 3.65. The second-order valence-electron chi connectivity index (χ2n) is 4.67. The van der Waals surface area contributed by atoms with Crippen molar-refractivity contribution in [3.8, 4) is 11.5 Å². The van der Waals surface area contributed by atoms with Crippen molar-refractivity contribution in [2.75, 3.05) is 7.11 Å². The Bertz CT molecular complexity index is 629. The maximum atomic E-state index is 11.6. The molecule has 1 amide bonds. The monoisotopic (exact) mass is 326 g/mol. The van der Waals surface area contributed by atoms with Gasteiger partial charge >= 0.3 is 0 Å². The van der Waals surface area contributed by atoms with Gasteiger partial charge < -0.3 is 14.8 Å². The summed E-state index contributed by atoms with van der Waals surface area (Å²) in [5.41, 5.74) is 1.06. The van der Waals surface area contributed by atoms with Crippen LogP contribution in [0.3, 0.4) is 0 Å². The number of hydrogen-bond donors (Lipinski definition) is 2. The van der Waals surface area contributed by atoms with Crippen molar-refractivity contribution in [1.29, 1.82) is 0 Å². The summed E-state index contributed by atoms with van der Waals surface area (Å²) in [6.45, 7) is 3.80. The maximum absolute atomic E-state index is 11.6. The van der Waals surface area contributed by atoms with E-state index in [1.807, 2.05) is 13.8 Å². The predicted octanol–water partition coefficient (Wildman–Crippen LogP) is 2.48. The van der Waals surface area contributed by atoms with Crippen LogP contribution in [0.1, 0.15) is 19.4 Å². The number of nitrogens with one attached hydrogen (secondary N) is 2. The molecule has 0 spiro atoms. The molecule has 1 aliphatic rings. The topological polar surface area (TPSA) is 59.6 Å². The summed E-state index contributed by atoms with van der Waals surface area (Å²) < 4.78 is 10.9. The first-order valence-corrected chi connectivity index (χ1v) is 7.07. The Kier molecular flexibility index (Phi) is 4.69. The van der Waals surface area contributed by atoms with Gasteiger partial charge in [-0.05, 0) is 49.8 Å². The fourth-order valence-corrected chi connectivity index (χ4v) is 2.29. The summed E-state index contributed by atoms with van der Waals surface area (Å²) in [6.07, 6.45) is 1.61. The van der Waals surface area contributed by atoms with Gasteiger partial charge in [-0.2, -0.15) is 0 Å². The molecule has 1 saturated heterocycles. The molecule has 0 bridgehead atoms. The van der Waals surface area contributed by atoms with Gasteiger partial charge in [-0.15, -0.1) is 0 Å². The number of carbonyl (C=O) groups excluding carboxylic acids is 1. The number of carbonyl (C=O) groups is 1. The highest BCUT2D eigenvalue weighted by molar-refractivity contribution is 7.80. The third-order valence-electron chi connectivity index (χ3n) is 2.64. The second-order valence-corrected chi connectivity index (χ2v) is 5.48. The molecule has 7 heteroatoms. The molecule has 5 nitrogen and oxygen atoms in total. The molecule has 1 aliphatic heterocycles. The van der Waals surface area contributed by atoms with E-state index >= 15 is 0 Å². The SMILES string of the molecule is COc1cc(/C=C2\NC(=S)NC2=O)cc(Cl)c1OC(C)C. The number of benzene rings is 1. The minimum Gasteiger partial charge on any atom is -0.493 e. The highest BCUT2D eigenvalue weighted by Gasteiger charge is 2.20. The zero-order valence-corrected chi connectivity index (χ0v) is 13.4. The molecule has 1 aromatic rings. The summed E-state index contributed by atoms with van der Waals surface area (Å²) in [7, 11) is 1.53. The van der Waals surface area contributed by atoms with Crippen LogP contribution >= 0.6 is 23.8 Å². The Labute approximate surface area is 133 Å². The Balaban J connectivity index is 2.38. The average molecular weight is 327 g/mol. The first-order chi connectivity index (χ1) is 9.90. The van der Waals surface area contributed by atoms with Crippen LogP contribution in [0.2, 0.25) is 5.02 Å². The van der Waals surface area contributed by atoms with Crippen molar-refractivity contribution in [1.82, 2.24) is 10.6 Å². The van der Waals surface area contributed by atoms with Crippen LogP contribution in [0.4, 0.5) is 0 Å². The van der Waals surface area contributed by atoms with Gasteiger partial charge in [0.2, 0.25) is 0 Å². The van der Waals surface area contributed by atoms with Crippen LogP contribution in [-0.4, -0.2) is 24.2 Å². The van der Waals surface area contributed by atoms with Crippen molar-refractivity contribution in [2.45, 2.75) is 20.0 Å². The van der Waals surface area contributed by atoms with Gasteiger partial charge in [0.1, 0.15) is 5.70 Å². The van der Waals surface area contributed by atoms with Crippen molar-refractivity contribution in [3.63, 3.8) is 0 Å². The first-order valence-electron chi connectivity index (χ1n) is 6.29. The van der Waals surface area contributed by atoms with Gasteiger partial charge in [0, 0.05) is 0 Å². The Hall–Kier alpha value is -1.79. The fraction of sp³-hybridized carbons (Fsp3) is 0.286. The summed E-state index contributed by atoms with van der Waals surface area (Å²) in [4.78, 5) is 11.6. The highest BCUT2D eigenvalue weighted by Crippen LogP contribution is 2.37. The lowest BCUT2D eigenvalue weighted by Gasteiger charge is -2.15. The van der Waals surface area contributed by atoms with E-state index in [0.717, 1.165) is 0 Å². The van der Waals surface area contributed by atoms with Crippen molar-refractivity contribution in [3.05, 3.63) is 28.4 Å². The summed E-state index contributed by atoms with van der Waals surface area (Å²) in [5.74, 6) is 0.706. The molecule has 0 saturated carbocycles. The van der Waals surface area contributed by atoms with E-state index in [2.05, 4.69) is 10.6 Å². The predicted molar refractivity (Wildman–Crippen MR) is 85.6 cm³/mol. The minimum atomic E-state index is -0.280. The van der Waals surface area contributed by atoms with Gasteiger partial charge in [-0.1, -0.05) is 11.6 Å². The Morgan fingerprint density at radius 2 is 2.05 bits per heavy atom. The van der Waals surface area contributed by atoms with Crippen LogP contribution in [-0.2, 0) is 4.79 Å². The Morgan fingerprint density at radius 3 is 2.57 bits per heavy atom. The number of thiocarbonyl (C=S) groups is 1. The van der Waals surface area contributed by atoms with Crippen LogP contribution in [0.5, 0.6) is 11.5 Å². The lowest BCUT2D eigenvalue weighted by atomic mass is 10.1. The molecule has 0 atom stereocenters. The molecule has 0 aliphatic carbocycles.